The summed E-state index contributed by atoms with van der Waals surface area (Å²) in [5, 5.41) is 30.3. The van der Waals surface area contributed by atoms with E-state index >= 15 is 0 Å². The Labute approximate surface area is 133 Å². The van der Waals surface area contributed by atoms with Gasteiger partial charge in [-0.3, -0.25) is 0 Å². The summed E-state index contributed by atoms with van der Waals surface area (Å²) in [5.41, 5.74) is -2.25. The molecule has 19 heavy (non-hydrogen) atoms. The van der Waals surface area contributed by atoms with E-state index in [1.165, 1.54) is 22.5 Å². The van der Waals surface area contributed by atoms with Crippen molar-refractivity contribution in [1.82, 2.24) is 0 Å². The number of methoxy groups -OCH3 is 1. The summed E-state index contributed by atoms with van der Waals surface area (Å²) < 4.78 is 5.49. The molecule has 0 rings (SSSR count). The second kappa shape index (κ2) is 13.6. The van der Waals surface area contributed by atoms with Crippen LogP contribution in [-0.4, -0.2) is 51.1 Å². The van der Waals surface area contributed by atoms with Gasteiger partial charge in [0.1, 0.15) is 0 Å². The molecule has 0 aromatic rings. The average Bonchev–Trinajstić information content (AvgIpc) is 1.93. The van der Waals surface area contributed by atoms with Gasteiger partial charge in [-0.2, -0.15) is 0 Å². The van der Waals surface area contributed by atoms with Crippen molar-refractivity contribution >= 4 is 22.5 Å². The van der Waals surface area contributed by atoms with Crippen molar-refractivity contribution in [3.63, 3.8) is 0 Å². The van der Waals surface area contributed by atoms with Crippen LogP contribution >= 0.6 is 0 Å². The number of rotatable bonds is 1. The van der Waals surface area contributed by atoms with Crippen molar-refractivity contribution in [3.8, 4) is 0 Å². The first kappa shape index (κ1) is 27.9. The zero-order chi connectivity index (χ0) is 16.9. The van der Waals surface area contributed by atoms with Crippen LogP contribution in [0.15, 0.2) is 0 Å². The third-order valence-corrected chi connectivity index (χ3v) is 0.968. The third-order valence-electron chi connectivity index (χ3n) is 0.144. The fourth-order valence-electron chi connectivity index (χ4n) is 0. The van der Waals surface area contributed by atoms with E-state index in [0.29, 0.717) is 0 Å². The van der Waals surface area contributed by atoms with E-state index in [1.807, 2.05) is 0 Å². The van der Waals surface area contributed by atoms with Crippen LogP contribution in [0.5, 0.6) is 0 Å². The normalized spacial score (nSPS) is 11.1. The molecule has 0 saturated heterocycles. The molecule has 116 valence electrons. The van der Waals surface area contributed by atoms with E-state index in [-0.39, 0.29) is 0 Å². The van der Waals surface area contributed by atoms with Crippen LogP contribution in [0.25, 0.3) is 0 Å². The van der Waals surface area contributed by atoms with Gasteiger partial charge in [0.15, 0.2) is 0 Å². The number of hydrogen-bond donors (Lipinski definition) is 0. The van der Waals surface area contributed by atoms with Gasteiger partial charge < -0.3 is 15.3 Å². The molecule has 5 heteroatoms. The molecule has 0 spiro atoms. The van der Waals surface area contributed by atoms with Gasteiger partial charge in [-0.1, -0.05) is 62.3 Å². The van der Waals surface area contributed by atoms with Crippen LogP contribution in [0.3, 0.4) is 0 Å². The van der Waals surface area contributed by atoms with E-state index < -0.39 is 16.8 Å². The van der Waals surface area contributed by atoms with Gasteiger partial charge in [-0.05, 0) is 0 Å². The molecule has 0 fully saturated rings. The Hall–Kier alpha value is 0.639. The molecule has 0 aromatic heterocycles. The number of hydrogen-bond acceptors (Lipinski definition) is 4. The van der Waals surface area contributed by atoms with Crippen molar-refractivity contribution in [2.45, 2.75) is 79.1 Å². The topological polar surface area (TPSA) is 78.4 Å². The Morgan fingerprint density at radius 3 is 0.737 bits per heavy atom. The molecule has 0 aromatic carbocycles. The van der Waals surface area contributed by atoms with Crippen molar-refractivity contribution < 1.29 is 20.1 Å². The summed E-state index contributed by atoms with van der Waals surface area (Å²) in [6, 6.07) is 0. The van der Waals surface area contributed by atoms with Crippen molar-refractivity contribution in [2.24, 2.45) is 0 Å². The van der Waals surface area contributed by atoms with Gasteiger partial charge in [-0.15, -0.1) is 16.8 Å². The Morgan fingerprint density at radius 1 is 0.684 bits per heavy atom. The predicted molar refractivity (Wildman–Crippen MR) is 76.9 cm³/mol. The number of ether oxygens (including phenoxy) is 1. The van der Waals surface area contributed by atoms with Gasteiger partial charge in [0, 0.05) is 0 Å². The van der Waals surface area contributed by atoms with Crippen molar-refractivity contribution in [1.29, 1.82) is 0 Å². The zero-order valence-electron chi connectivity index (χ0n) is 14.3. The van der Waals surface area contributed by atoms with Gasteiger partial charge in [0.2, 0.25) is 0 Å². The minimum atomic E-state index is -0.750. The van der Waals surface area contributed by atoms with E-state index in [1.54, 1.807) is 69.4 Å². The second-order valence-corrected chi connectivity index (χ2v) is 7.59. The standard InChI is InChI=1S/3C4H9O.C2H5O.Sn/c3*1-4(2,3)5;1-3-2;/h3*1-3H3;1H2,2H3;/q3*-1;;+3. The van der Waals surface area contributed by atoms with Gasteiger partial charge in [-0.25, -0.2) is 0 Å². The van der Waals surface area contributed by atoms with Gasteiger partial charge in [0.05, 0.1) is 0 Å². The molecule has 0 saturated carbocycles. The molecule has 0 aliphatic rings. The molecule has 4 nitrogen and oxygen atoms in total. The molecule has 0 N–H and O–H groups in total. The monoisotopic (exact) mass is 384 g/mol. The molecule has 0 amide bonds. The van der Waals surface area contributed by atoms with Crippen molar-refractivity contribution in [3.05, 3.63) is 0 Å². The Morgan fingerprint density at radius 2 is 0.737 bits per heavy atom. The van der Waals surface area contributed by atoms with E-state index in [2.05, 4.69) is 4.74 Å². The van der Waals surface area contributed by atoms with E-state index in [9.17, 15) is 15.3 Å². The molecule has 0 heterocycles. The molecule has 0 radical (unpaired) electrons. The van der Waals surface area contributed by atoms with Crippen LogP contribution in [-0.2, 0) is 4.74 Å². The molecular weight excluding hydrogens is 351 g/mol. The molecule has 0 aliphatic carbocycles. The first-order valence-corrected chi connectivity index (χ1v) is 8.18. The van der Waals surface area contributed by atoms with Crippen LogP contribution in [0.4, 0.5) is 0 Å². The molecule has 0 unspecified atom stereocenters. The average molecular weight is 383 g/mol. The fraction of sp³-hybridized carbons (Fsp3) is 1.00. The Bertz CT molecular complexity index is 115. The van der Waals surface area contributed by atoms with Gasteiger partial charge in [0.25, 0.3) is 0 Å². The van der Waals surface area contributed by atoms with Gasteiger partial charge >= 0.3 is 39.0 Å². The maximum absolute atomic E-state index is 10.1. The molecule has 0 atom stereocenters. The SMILES string of the molecule is CC(C)(C)[O-].CC(C)(C)[O-].CC(C)(C)[O-].CO[CH2][Sn+3]. The van der Waals surface area contributed by atoms with Crippen LogP contribution in [0, 0.1) is 0 Å². The second-order valence-electron chi connectivity index (χ2n) is 6.77. The predicted octanol–water partition coefficient (Wildman–Crippen LogP) is 0.194. The molecule has 0 aliphatic heterocycles. The van der Waals surface area contributed by atoms with E-state index in [4.69, 9.17) is 0 Å². The molecule has 0 bridgehead atoms. The first-order valence-electron chi connectivity index (χ1n) is 6.16. The minimum absolute atomic E-state index is 0.750. The Balaban J connectivity index is -0.0000000793. The summed E-state index contributed by atoms with van der Waals surface area (Å²) in [5.74, 6) is 0. The fourth-order valence-corrected chi connectivity index (χ4v) is 0. The van der Waals surface area contributed by atoms with E-state index in [0.717, 1.165) is 4.62 Å². The third kappa shape index (κ3) is 1920. The summed E-state index contributed by atoms with van der Waals surface area (Å²) in [6.45, 7) is 14.7. The first-order chi connectivity index (χ1) is 7.91. The van der Waals surface area contributed by atoms with Crippen LogP contribution in [0.2, 0.25) is 0 Å². The zero-order valence-corrected chi connectivity index (χ0v) is 17.2. The Kier molecular flexibility index (Phi) is 20.0. The summed E-state index contributed by atoms with van der Waals surface area (Å²) in [6.07, 6.45) is 0. The maximum atomic E-state index is 10.1. The molecular formula is C14H32O4Sn. The van der Waals surface area contributed by atoms with Crippen molar-refractivity contribution in [2.75, 3.05) is 11.7 Å². The summed E-state index contributed by atoms with van der Waals surface area (Å²) in [7, 11) is 1.70. The quantitative estimate of drug-likeness (QED) is 0.606. The summed E-state index contributed by atoms with van der Waals surface area (Å²) in [4.78, 5) is 0. The van der Waals surface area contributed by atoms with Crippen LogP contribution < -0.4 is 15.3 Å². The van der Waals surface area contributed by atoms with Crippen LogP contribution in [0.1, 0.15) is 62.3 Å². The summed E-state index contributed by atoms with van der Waals surface area (Å²) >= 11 is 1.45.